The molecule has 0 unspecified atom stereocenters. The normalized spacial score (nSPS) is 45.9. The van der Waals surface area contributed by atoms with Crippen LogP contribution in [0, 0.1) is 68.5 Å². The summed E-state index contributed by atoms with van der Waals surface area (Å²) in [4.78, 5) is 27.4. The summed E-state index contributed by atoms with van der Waals surface area (Å²) in [7, 11) is -2.98. The SMILES string of the molecule is C=C(C)[C@@H]1CC[C@]2(NCC[C@H]([C@@H](C)O)N3CCS(=O)(=O)CC3)CC[C@]3(C)[C@H](CC[C@@H]4[C@@]5(C)CC[C@H](OC(=O)[C@H]6[C@@H](CC(=O)O)C6(C)C)C(C)(C)[C@@H]5CC[C@]43C)[C@@H]12. The molecule has 7 fully saturated rings. The number of esters is 1. The molecule has 6 saturated carbocycles. The molecule has 1 heterocycles. The number of fused-ring (bicyclic) bond motifs is 7. The van der Waals surface area contributed by atoms with E-state index < -0.39 is 21.9 Å². The highest BCUT2D eigenvalue weighted by molar-refractivity contribution is 7.91. The highest BCUT2D eigenvalue weighted by Gasteiger charge is 2.71. The monoisotopic (exact) mass is 801 g/mol. The number of nitrogens with zero attached hydrogens (tertiary/aromatic N) is 1. The van der Waals surface area contributed by atoms with Crippen molar-refractivity contribution >= 4 is 21.8 Å². The van der Waals surface area contributed by atoms with E-state index in [2.05, 4.69) is 58.3 Å². The maximum Gasteiger partial charge on any atom is 0.310 e. The van der Waals surface area contributed by atoms with E-state index in [9.17, 15) is 28.2 Å². The van der Waals surface area contributed by atoms with Crippen molar-refractivity contribution in [3.05, 3.63) is 12.2 Å². The fourth-order valence-electron chi connectivity index (χ4n) is 15.9. The first-order valence-electron chi connectivity index (χ1n) is 22.4. The maximum atomic E-state index is 13.6. The van der Waals surface area contributed by atoms with Crippen molar-refractivity contribution in [3.63, 3.8) is 0 Å². The molecular formula is C46H76N2O7S. The molecule has 318 valence electrons. The van der Waals surface area contributed by atoms with Gasteiger partial charge >= 0.3 is 11.9 Å². The van der Waals surface area contributed by atoms with Crippen molar-refractivity contribution in [2.75, 3.05) is 31.1 Å². The molecule has 14 atom stereocenters. The quantitative estimate of drug-likeness (QED) is 0.143. The fraction of sp³-hybridized carbons (Fsp3) is 0.913. The van der Waals surface area contributed by atoms with E-state index in [4.69, 9.17) is 4.74 Å². The van der Waals surface area contributed by atoms with Crippen LogP contribution in [0.15, 0.2) is 12.2 Å². The summed E-state index contributed by atoms with van der Waals surface area (Å²) in [5.41, 5.74) is 1.42. The second-order valence-electron chi connectivity index (χ2n) is 22.3. The summed E-state index contributed by atoms with van der Waals surface area (Å²) >= 11 is 0. The molecule has 0 aromatic carbocycles. The third kappa shape index (κ3) is 6.67. The van der Waals surface area contributed by atoms with Crippen LogP contribution in [-0.4, -0.2) is 90.4 Å². The Morgan fingerprint density at radius 1 is 0.875 bits per heavy atom. The number of sulfone groups is 1. The number of carboxylic acids is 1. The molecule has 3 N–H and O–H groups in total. The van der Waals surface area contributed by atoms with Crippen LogP contribution in [0.25, 0.3) is 0 Å². The number of allylic oxidation sites excluding steroid dienone is 1. The minimum absolute atomic E-state index is 0.0186. The van der Waals surface area contributed by atoms with Gasteiger partial charge in [-0.15, -0.1) is 0 Å². The van der Waals surface area contributed by atoms with Crippen LogP contribution in [0.2, 0.25) is 0 Å². The molecule has 0 spiro atoms. The van der Waals surface area contributed by atoms with Gasteiger partial charge in [-0.1, -0.05) is 60.6 Å². The number of aliphatic hydroxyl groups excluding tert-OH is 1. The average molecular weight is 801 g/mol. The molecule has 1 saturated heterocycles. The molecule has 0 amide bonds. The van der Waals surface area contributed by atoms with Crippen molar-refractivity contribution in [2.45, 2.75) is 163 Å². The number of nitrogens with one attached hydrogen (secondary N) is 1. The first-order valence-corrected chi connectivity index (χ1v) is 24.2. The maximum absolute atomic E-state index is 13.6. The second-order valence-corrected chi connectivity index (χ2v) is 24.6. The molecule has 7 aliphatic rings. The Morgan fingerprint density at radius 2 is 1.55 bits per heavy atom. The van der Waals surface area contributed by atoms with Gasteiger partial charge in [0.2, 0.25) is 0 Å². The standard InChI is InChI=1S/C46H76N2O7S/c1-28(2)30-13-19-46(47-22-16-33(29(3)49)48-23-25-56(53,54)26-24-48)21-20-44(9)31(38(30)46)11-12-35-43(8)17-15-36(42(6,7)34(43)14-18-45(35,44)10)55-40(52)39-32(27-37(50)51)41(39,4)5/h29-36,38-39,47,49H,1,11-27H2,2-10H3,(H,50,51)/t29-,30+,31-,32-,33-,34+,35-,36+,38-,39-,43+,44-,45-,46+/m1/s1. The van der Waals surface area contributed by atoms with Gasteiger partial charge in [0.25, 0.3) is 0 Å². The number of rotatable bonds is 11. The van der Waals surface area contributed by atoms with E-state index in [1.54, 1.807) is 0 Å². The number of carbonyl (C=O) groups excluding carboxylic acids is 1. The summed E-state index contributed by atoms with van der Waals surface area (Å²) in [6, 6.07) is -0.0532. The van der Waals surface area contributed by atoms with Gasteiger partial charge in [-0.2, -0.15) is 0 Å². The van der Waals surface area contributed by atoms with Gasteiger partial charge in [0.1, 0.15) is 6.10 Å². The van der Waals surface area contributed by atoms with E-state index >= 15 is 0 Å². The lowest BCUT2D eigenvalue weighted by Gasteiger charge is -2.73. The number of hydrogen-bond acceptors (Lipinski definition) is 8. The Balaban J connectivity index is 1.08. The van der Waals surface area contributed by atoms with Crippen LogP contribution in [0.3, 0.4) is 0 Å². The van der Waals surface area contributed by atoms with E-state index in [1.165, 1.54) is 37.7 Å². The van der Waals surface area contributed by atoms with Crippen LogP contribution in [0.5, 0.6) is 0 Å². The summed E-state index contributed by atoms with van der Waals surface area (Å²) in [6.07, 6.45) is 11.6. The van der Waals surface area contributed by atoms with Crippen LogP contribution in [-0.2, 0) is 24.2 Å². The molecule has 6 aliphatic carbocycles. The van der Waals surface area contributed by atoms with E-state index in [1.807, 2.05) is 20.8 Å². The molecule has 9 nitrogen and oxygen atoms in total. The van der Waals surface area contributed by atoms with E-state index in [0.29, 0.717) is 42.7 Å². The first-order chi connectivity index (χ1) is 26.0. The lowest BCUT2D eigenvalue weighted by Crippen LogP contribution is -2.69. The van der Waals surface area contributed by atoms with Gasteiger partial charge in [0.05, 0.1) is 23.5 Å². The Hall–Kier alpha value is -1.49. The summed E-state index contributed by atoms with van der Waals surface area (Å²) < 4.78 is 30.8. The first kappa shape index (κ1) is 42.6. The van der Waals surface area contributed by atoms with Crippen molar-refractivity contribution in [1.82, 2.24) is 10.2 Å². The predicted molar refractivity (Wildman–Crippen MR) is 220 cm³/mol. The number of hydrogen-bond donors (Lipinski definition) is 3. The van der Waals surface area contributed by atoms with Crippen molar-refractivity contribution < 1.29 is 33.0 Å². The smallest absolute Gasteiger partial charge is 0.310 e. The second kappa shape index (κ2) is 14.3. The molecule has 0 radical (unpaired) electrons. The van der Waals surface area contributed by atoms with Gasteiger partial charge in [-0.3, -0.25) is 14.5 Å². The molecule has 10 heteroatoms. The zero-order chi connectivity index (χ0) is 41.0. The topological polar surface area (TPSA) is 133 Å². The van der Waals surface area contributed by atoms with Crippen LogP contribution < -0.4 is 5.32 Å². The molecule has 0 bridgehead atoms. The van der Waals surface area contributed by atoms with Crippen molar-refractivity contribution in [2.24, 2.45) is 68.5 Å². The highest BCUT2D eigenvalue weighted by Crippen LogP contribution is 2.76. The van der Waals surface area contributed by atoms with Crippen molar-refractivity contribution in [1.29, 1.82) is 0 Å². The summed E-state index contributed by atoms with van der Waals surface area (Å²) in [6.45, 7) is 27.2. The van der Waals surface area contributed by atoms with Crippen LogP contribution in [0.1, 0.15) is 139 Å². The molecule has 7 rings (SSSR count). The highest BCUT2D eigenvalue weighted by atomic mass is 32.2. The third-order valence-electron chi connectivity index (χ3n) is 19.3. The van der Waals surface area contributed by atoms with E-state index in [0.717, 1.165) is 45.1 Å². The number of ether oxygens (including phenoxy) is 1. The summed E-state index contributed by atoms with van der Waals surface area (Å²) in [5, 5.41) is 24.5. The zero-order valence-corrected chi connectivity index (χ0v) is 37.1. The average Bonchev–Trinajstić information content (AvgIpc) is 3.41. The third-order valence-corrected chi connectivity index (χ3v) is 20.9. The number of carbonyl (C=O) groups is 2. The van der Waals surface area contributed by atoms with Gasteiger partial charge in [-0.25, -0.2) is 8.42 Å². The summed E-state index contributed by atoms with van der Waals surface area (Å²) in [5.74, 6) is 1.48. The van der Waals surface area contributed by atoms with Gasteiger partial charge in [0, 0.05) is 36.5 Å². The molecule has 0 aromatic heterocycles. The Kier molecular flexibility index (Phi) is 10.9. The lowest BCUT2D eigenvalue weighted by molar-refractivity contribution is -0.246. The Morgan fingerprint density at radius 3 is 2.18 bits per heavy atom. The predicted octanol–water partition coefficient (Wildman–Crippen LogP) is 7.51. The number of aliphatic hydroxyl groups is 1. The molecule has 56 heavy (non-hydrogen) atoms. The Labute approximate surface area is 338 Å². The Bertz CT molecular complexity index is 1660. The minimum Gasteiger partial charge on any atom is -0.481 e. The van der Waals surface area contributed by atoms with Gasteiger partial charge in [0.15, 0.2) is 9.84 Å². The molecule has 1 aliphatic heterocycles. The molecule has 0 aromatic rings. The molecular weight excluding hydrogens is 725 g/mol. The van der Waals surface area contributed by atoms with Gasteiger partial charge < -0.3 is 20.3 Å². The largest absolute Gasteiger partial charge is 0.481 e. The number of aliphatic carboxylic acids is 1. The zero-order valence-electron chi connectivity index (χ0n) is 36.3. The van der Waals surface area contributed by atoms with Gasteiger partial charge in [-0.05, 0) is 148 Å². The fourth-order valence-corrected chi connectivity index (χ4v) is 17.1. The van der Waals surface area contributed by atoms with E-state index in [-0.39, 0.29) is 80.5 Å². The minimum atomic E-state index is -2.98. The van der Waals surface area contributed by atoms with Crippen molar-refractivity contribution in [3.8, 4) is 0 Å². The lowest BCUT2D eigenvalue weighted by atomic mass is 9.32. The van der Waals surface area contributed by atoms with Crippen LogP contribution >= 0.6 is 0 Å². The van der Waals surface area contributed by atoms with Crippen LogP contribution in [0.4, 0.5) is 0 Å². The number of carboxylic acid groups (broad SMARTS) is 1.